The number of hydrogen-bond donors (Lipinski definition) is 0. The van der Waals surface area contributed by atoms with Crippen molar-refractivity contribution >= 4 is 54.3 Å². The second-order valence-electron chi connectivity index (χ2n) is 12.1. The Kier molecular flexibility index (Phi) is 4.39. The molecule has 9 aromatic carbocycles. The van der Waals surface area contributed by atoms with Crippen molar-refractivity contribution in [3.8, 4) is 44.5 Å². The summed E-state index contributed by atoms with van der Waals surface area (Å²) < 4.78 is 93.8. The van der Waals surface area contributed by atoms with Crippen molar-refractivity contribution in [3.05, 3.63) is 182 Å². The lowest BCUT2D eigenvalue weighted by atomic mass is 9.85. The highest BCUT2D eigenvalue weighted by molar-refractivity contribution is 6.22. The average molecular weight is 633 g/mol. The van der Waals surface area contributed by atoms with Crippen molar-refractivity contribution < 1.29 is 18.1 Å². The van der Waals surface area contributed by atoms with Gasteiger partial charge >= 0.3 is 0 Å². The summed E-state index contributed by atoms with van der Waals surface area (Å²) in [5, 5.41) is 6.11. The zero-order valence-corrected chi connectivity index (χ0v) is 26.0. The summed E-state index contributed by atoms with van der Waals surface area (Å²) in [6, 6.07) is 35.9. The van der Waals surface area contributed by atoms with Crippen LogP contribution in [0.25, 0.3) is 98.8 Å². The Balaban J connectivity index is 1.26. The minimum Gasteiger partial charge on any atom is -0.456 e. The van der Waals surface area contributed by atoms with Crippen LogP contribution in [0, 0.1) is 0 Å². The zero-order valence-electron chi connectivity index (χ0n) is 36.0. The topological polar surface area (TPSA) is 13.1 Å². The van der Waals surface area contributed by atoms with Crippen molar-refractivity contribution in [1.29, 1.82) is 0 Å². The highest BCUT2D eigenvalue weighted by Gasteiger charge is 2.18. The van der Waals surface area contributed by atoms with Gasteiger partial charge in [-0.3, -0.25) is 0 Å². The molecular weight excluding hydrogens is 593 g/mol. The van der Waals surface area contributed by atoms with Crippen LogP contribution in [0.1, 0.15) is 13.7 Å². The van der Waals surface area contributed by atoms with Crippen molar-refractivity contribution in [3.63, 3.8) is 0 Å². The van der Waals surface area contributed by atoms with Gasteiger partial charge in [-0.25, -0.2) is 0 Å². The van der Waals surface area contributed by atoms with E-state index in [1.54, 1.807) is 6.07 Å². The van der Waals surface area contributed by atoms with Crippen LogP contribution in [0.4, 0.5) is 0 Å². The molecular formula is C48H30O. The Bertz CT molecular complexity index is 3370. The molecule has 1 heterocycles. The molecule has 0 radical (unpaired) electrons. The summed E-state index contributed by atoms with van der Waals surface area (Å²) in [6.45, 7) is 0. The van der Waals surface area contributed by atoms with Gasteiger partial charge in [-0.15, -0.1) is 0 Å². The van der Waals surface area contributed by atoms with Gasteiger partial charge in [-0.05, 0) is 107 Å². The summed E-state index contributed by atoms with van der Waals surface area (Å²) in [7, 11) is 0. The van der Waals surface area contributed by atoms with E-state index < -0.39 is 42.3 Å². The molecule has 0 aliphatic rings. The lowest BCUT2D eigenvalue weighted by Crippen LogP contribution is -1.91. The zero-order chi connectivity index (χ0) is 41.0. The fourth-order valence-electron chi connectivity index (χ4n) is 7.15. The van der Waals surface area contributed by atoms with Gasteiger partial charge in [-0.2, -0.15) is 0 Å². The fourth-order valence-corrected chi connectivity index (χ4v) is 7.15. The van der Waals surface area contributed by atoms with Crippen molar-refractivity contribution in [1.82, 2.24) is 0 Å². The normalized spacial score (nSPS) is 14.5. The predicted molar refractivity (Wildman–Crippen MR) is 208 cm³/mol. The number of furan rings is 1. The van der Waals surface area contributed by atoms with Gasteiger partial charge in [0.2, 0.25) is 0 Å². The molecule has 228 valence electrons. The molecule has 0 fully saturated rings. The third kappa shape index (κ3) is 4.47. The lowest BCUT2D eigenvalue weighted by molar-refractivity contribution is 0.669. The predicted octanol–water partition coefficient (Wildman–Crippen LogP) is 13.7. The number of benzene rings is 9. The Morgan fingerprint density at radius 2 is 0.939 bits per heavy atom. The van der Waals surface area contributed by atoms with Crippen LogP contribution >= 0.6 is 0 Å². The van der Waals surface area contributed by atoms with E-state index in [1.807, 2.05) is 48.5 Å². The molecule has 0 saturated heterocycles. The van der Waals surface area contributed by atoms with E-state index in [4.69, 9.17) is 14.0 Å². The van der Waals surface area contributed by atoms with Gasteiger partial charge in [0.15, 0.2) is 0 Å². The van der Waals surface area contributed by atoms with E-state index in [2.05, 4.69) is 66.7 Å². The molecule has 10 aromatic rings. The van der Waals surface area contributed by atoms with Crippen LogP contribution in [0.2, 0.25) is 0 Å². The van der Waals surface area contributed by atoms with Gasteiger partial charge in [0.05, 0.1) is 13.7 Å². The SMILES string of the molecule is [2H]c1c([2H])c([2H])c(-c2c([2H])c([2H])c3oc4c([2H])c([2H])c(-c5c6ccccc6c(-c6cccc(-c7cccc8ccccc78)c6)c6ccccc56)cc4c3c2[2H])c([2H])c1[2H]. The van der Waals surface area contributed by atoms with Crippen LogP contribution in [0.3, 0.4) is 0 Å². The first kappa shape index (κ1) is 19.4. The molecule has 1 heteroatoms. The van der Waals surface area contributed by atoms with Crippen molar-refractivity contribution in [2.75, 3.05) is 0 Å². The minimum absolute atomic E-state index is 0.0491. The number of hydrogen-bond acceptors (Lipinski definition) is 1. The number of fused-ring (bicyclic) bond motifs is 6. The molecule has 0 bridgehead atoms. The molecule has 10 rings (SSSR count). The van der Waals surface area contributed by atoms with Gasteiger partial charge in [0.1, 0.15) is 11.2 Å². The standard InChI is InChI=1S/C48H30O/c1-2-12-31(13-3-1)33-24-26-45-43(29-33)44-30-36(25-27-46(44)49-45)48-41-21-8-6-19-39(41)47(40-20-7-9-22-42(40)48)35-17-10-16-34(28-35)38-23-11-15-32-14-4-5-18-37(32)38/h1-30H/i1D,2D,3D,12D,13D,24D,25D,26D,27D,29D. The second-order valence-corrected chi connectivity index (χ2v) is 12.1. The summed E-state index contributed by atoms with van der Waals surface area (Å²) in [5.41, 5.74) is 4.40. The maximum Gasteiger partial charge on any atom is 0.135 e. The highest BCUT2D eigenvalue weighted by atomic mass is 16.3. The molecule has 0 atom stereocenters. The first-order valence-corrected chi connectivity index (χ1v) is 16.0. The largest absolute Gasteiger partial charge is 0.456 e. The van der Waals surface area contributed by atoms with E-state index in [1.165, 1.54) is 0 Å². The van der Waals surface area contributed by atoms with Crippen LogP contribution < -0.4 is 0 Å². The van der Waals surface area contributed by atoms with Gasteiger partial charge in [0.25, 0.3) is 0 Å². The molecule has 1 aromatic heterocycles. The number of rotatable bonds is 4. The summed E-state index contributed by atoms with van der Waals surface area (Å²) in [5.74, 6) is 0. The molecule has 0 aliphatic heterocycles. The summed E-state index contributed by atoms with van der Waals surface area (Å²) in [6.07, 6.45) is 0. The average Bonchev–Trinajstić information content (AvgIpc) is 3.66. The first-order chi connectivity index (χ1) is 28.5. The van der Waals surface area contributed by atoms with Crippen LogP contribution in [-0.2, 0) is 0 Å². The molecule has 0 aliphatic carbocycles. The van der Waals surface area contributed by atoms with E-state index >= 15 is 0 Å². The monoisotopic (exact) mass is 632 g/mol. The first-order valence-electron chi connectivity index (χ1n) is 21.0. The van der Waals surface area contributed by atoms with Crippen LogP contribution in [0.5, 0.6) is 0 Å². The second kappa shape index (κ2) is 11.1. The Hall–Kier alpha value is -6.44. The quantitative estimate of drug-likeness (QED) is 0.176. The smallest absolute Gasteiger partial charge is 0.135 e. The van der Waals surface area contributed by atoms with Gasteiger partial charge in [0, 0.05) is 10.8 Å². The van der Waals surface area contributed by atoms with Gasteiger partial charge in [-0.1, -0.05) is 151 Å². The molecule has 1 nitrogen and oxygen atoms in total. The minimum atomic E-state index is -0.624. The summed E-state index contributed by atoms with van der Waals surface area (Å²) in [4.78, 5) is 0. The van der Waals surface area contributed by atoms with Crippen molar-refractivity contribution in [2.24, 2.45) is 0 Å². The molecule has 49 heavy (non-hydrogen) atoms. The van der Waals surface area contributed by atoms with E-state index in [-0.39, 0.29) is 51.2 Å². The Labute approximate surface area is 298 Å². The lowest BCUT2D eigenvalue weighted by Gasteiger charge is -2.18. The maximum absolute atomic E-state index is 9.41. The third-order valence-electron chi connectivity index (χ3n) is 9.30. The molecule has 0 saturated carbocycles. The summed E-state index contributed by atoms with van der Waals surface area (Å²) >= 11 is 0. The van der Waals surface area contributed by atoms with Crippen molar-refractivity contribution in [2.45, 2.75) is 0 Å². The van der Waals surface area contributed by atoms with Gasteiger partial charge < -0.3 is 4.42 Å². The Morgan fingerprint density at radius 3 is 1.67 bits per heavy atom. The molecule has 0 spiro atoms. The molecule has 0 unspecified atom stereocenters. The van der Waals surface area contributed by atoms with E-state index in [0.29, 0.717) is 11.1 Å². The fraction of sp³-hybridized carbons (Fsp3) is 0. The Morgan fingerprint density at radius 1 is 0.367 bits per heavy atom. The van der Waals surface area contributed by atoms with E-state index in [9.17, 15) is 4.11 Å². The van der Waals surface area contributed by atoms with E-state index in [0.717, 1.165) is 54.6 Å². The van der Waals surface area contributed by atoms with Crippen LogP contribution in [0.15, 0.2) is 186 Å². The highest BCUT2D eigenvalue weighted by Crippen LogP contribution is 2.45. The maximum atomic E-state index is 9.41. The molecule has 0 amide bonds. The molecule has 0 N–H and O–H groups in total. The third-order valence-corrected chi connectivity index (χ3v) is 9.30. The van der Waals surface area contributed by atoms with Crippen LogP contribution in [-0.4, -0.2) is 0 Å².